The van der Waals surface area contributed by atoms with E-state index in [2.05, 4.69) is 27.8 Å². The number of fused-ring (bicyclic) bond motifs is 2. The van der Waals surface area contributed by atoms with Gasteiger partial charge in [-0.1, -0.05) is 12.1 Å². The van der Waals surface area contributed by atoms with Crippen LogP contribution in [0.2, 0.25) is 0 Å². The molecule has 1 unspecified atom stereocenters. The molecule has 1 aliphatic heterocycles. The number of amides is 1. The molecule has 1 aliphatic carbocycles. The number of imidazole rings is 1. The van der Waals surface area contributed by atoms with E-state index in [0.29, 0.717) is 5.69 Å². The largest absolute Gasteiger partial charge is 0.327 e. The van der Waals surface area contributed by atoms with Crippen molar-refractivity contribution in [3.8, 4) is 0 Å². The van der Waals surface area contributed by atoms with Crippen LogP contribution in [-0.4, -0.2) is 37.1 Å². The van der Waals surface area contributed by atoms with Crippen LogP contribution in [0.15, 0.2) is 24.3 Å². The van der Waals surface area contributed by atoms with Crippen molar-refractivity contribution in [1.29, 1.82) is 0 Å². The van der Waals surface area contributed by atoms with Gasteiger partial charge in [0.05, 0.1) is 17.1 Å². The quantitative estimate of drug-likeness (QED) is 0.789. The van der Waals surface area contributed by atoms with Crippen LogP contribution >= 0.6 is 0 Å². The molecule has 1 amide bonds. The van der Waals surface area contributed by atoms with Gasteiger partial charge in [-0.05, 0) is 51.2 Å². The topological polar surface area (TPSA) is 66.8 Å². The highest BCUT2D eigenvalue weighted by Crippen LogP contribution is 2.35. The number of nitrogens with zero attached hydrogens (tertiary/aromatic N) is 4. The molecule has 3 heterocycles. The first-order chi connectivity index (χ1) is 12.8. The summed E-state index contributed by atoms with van der Waals surface area (Å²) in [7, 11) is 0. The molecule has 134 valence electrons. The summed E-state index contributed by atoms with van der Waals surface area (Å²) >= 11 is 0. The van der Waals surface area contributed by atoms with Crippen LogP contribution in [0.25, 0.3) is 11.0 Å². The molecule has 1 fully saturated rings. The second-order valence-electron chi connectivity index (χ2n) is 7.24. The van der Waals surface area contributed by atoms with E-state index in [-0.39, 0.29) is 11.9 Å². The van der Waals surface area contributed by atoms with Crippen molar-refractivity contribution in [3.63, 3.8) is 0 Å². The van der Waals surface area contributed by atoms with Crippen molar-refractivity contribution in [1.82, 2.24) is 24.6 Å². The summed E-state index contributed by atoms with van der Waals surface area (Å²) in [6, 6.07) is 8.25. The number of aryl methyl sites for hydroxylation is 2. The van der Waals surface area contributed by atoms with Crippen LogP contribution in [0.1, 0.15) is 59.8 Å². The first-order valence-electron chi connectivity index (χ1n) is 9.60. The minimum atomic E-state index is 0.0311. The van der Waals surface area contributed by atoms with Crippen molar-refractivity contribution in [3.05, 3.63) is 47.0 Å². The lowest BCUT2D eigenvalue weighted by molar-refractivity contribution is 0.0720. The zero-order valence-corrected chi connectivity index (χ0v) is 15.0. The summed E-state index contributed by atoms with van der Waals surface area (Å²) in [5.74, 6) is 1.06. The van der Waals surface area contributed by atoms with E-state index in [9.17, 15) is 4.79 Å². The SMILES string of the molecule is CCn1c(C2CCCN2C(=O)c2n[nH]c3c2CCC3)nc2ccccc21. The lowest BCUT2D eigenvalue weighted by atomic mass is 10.1. The van der Waals surface area contributed by atoms with Gasteiger partial charge >= 0.3 is 0 Å². The molecule has 1 atom stereocenters. The Morgan fingerprint density at radius 3 is 3.04 bits per heavy atom. The number of para-hydroxylation sites is 2. The molecule has 26 heavy (non-hydrogen) atoms. The Kier molecular flexibility index (Phi) is 3.58. The number of nitrogens with one attached hydrogen (secondary N) is 1. The Morgan fingerprint density at radius 2 is 2.15 bits per heavy atom. The summed E-state index contributed by atoms with van der Waals surface area (Å²) in [4.78, 5) is 20.2. The Bertz CT molecular complexity index is 985. The Morgan fingerprint density at radius 1 is 1.27 bits per heavy atom. The number of carbonyl (C=O) groups excluding carboxylic acids is 1. The first kappa shape index (κ1) is 15.6. The summed E-state index contributed by atoms with van der Waals surface area (Å²) in [6.45, 7) is 3.77. The minimum absolute atomic E-state index is 0.0311. The van der Waals surface area contributed by atoms with Crippen LogP contribution < -0.4 is 0 Å². The van der Waals surface area contributed by atoms with Gasteiger partial charge in [0.1, 0.15) is 5.82 Å². The smallest absolute Gasteiger partial charge is 0.275 e. The standard InChI is InChI=1S/C20H23N5O/c1-2-24-16-10-4-3-8-15(16)21-19(24)17-11-6-12-25(17)20(26)18-13-7-5-9-14(13)22-23-18/h3-4,8,10,17H,2,5-7,9,11-12H2,1H3,(H,22,23). The maximum Gasteiger partial charge on any atom is 0.275 e. The number of hydrogen-bond donors (Lipinski definition) is 1. The molecule has 0 saturated carbocycles. The molecule has 2 aromatic heterocycles. The summed E-state index contributed by atoms with van der Waals surface area (Å²) < 4.78 is 2.25. The number of hydrogen-bond acceptors (Lipinski definition) is 3. The lowest BCUT2D eigenvalue weighted by Gasteiger charge is -2.24. The molecule has 0 bridgehead atoms. The number of aromatic nitrogens is 4. The Labute approximate surface area is 152 Å². The number of H-pyrrole nitrogens is 1. The van der Waals surface area contributed by atoms with Gasteiger partial charge in [0.2, 0.25) is 0 Å². The minimum Gasteiger partial charge on any atom is -0.327 e. The molecule has 2 aliphatic rings. The lowest BCUT2D eigenvalue weighted by Crippen LogP contribution is -2.32. The zero-order chi connectivity index (χ0) is 17.7. The van der Waals surface area contributed by atoms with Gasteiger partial charge in [0.25, 0.3) is 5.91 Å². The van der Waals surface area contributed by atoms with Crippen LogP contribution in [-0.2, 0) is 19.4 Å². The molecule has 0 radical (unpaired) electrons. The zero-order valence-electron chi connectivity index (χ0n) is 15.0. The fourth-order valence-corrected chi connectivity index (χ4v) is 4.59. The number of likely N-dealkylation sites (tertiary alicyclic amines) is 1. The van der Waals surface area contributed by atoms with Crippen LogP contribution in [0.4, 0.5) is 0 Å². The molecule has 1 aromatic carbocycles. The Balaban J connectivity index is 1.54. The second kappa shape index (κ2) is 5.97. The fraction of sp³-hybridized carbons (Fsp3) is 0.450. The highest BCUT2D eigenvalue weighted by Gasteiger charge is 2.36. The predicted octanol–water partition coefficient (Wildman–Crippen LogP) is 3.25. The maximum atomic E-state index is 13.3. The van der Waals surface area contributed by atoms with E-state index in [4.69, 9.17) is 4.98 Å². The van der Waals surface area contributed by atoms with Gasteiger partial charge in [-0.2, -0.15) is 5.10 Å². The third kappa shape index (κ3) is 2.21. The third-order valence-corrected chi connectivity index (χ3v) is 5.82. The van der Waals surface area contributed by atoms with Gasteiger partial charge in [-0.25, -0.2) is 4.98 Å². The third-order valence-electron chi connectivity index (χ3n) is 5.82. The van der Waals surface area contributed by atoms with Crippen LogP contribution in [0, 0.1) is 0 Å². The fourth-order valence-electron chi connectivity index (χ4n) is 4.59. The number of carbonyl (C=O) groups is 1. The average molecular weight is 349 g/mol. The van der Waals surface area contributed by atoms with Gasteiger partial charge < -0.3 is 9.47 Å². The van der Waals surface area contributed by atoms with E-state index in [0.717, 1.165) is 73.3 Å². The molecule has 1 saturated heterocycles. The normalized spacial score (nSPS) is 19.4. The van der Waals surface area contributed by atoms with Crippen LogP contribution in [0.3, 0.4) is 0 Å². The summed E-state index contributed by atoms with van der Waals surface area (Å²) in [5.41, 5.74) is 5.05. The number of benzene rings is 1. The van der Waals surface area contributed by atoms with Crippen molar-refractivity contribution in [2.45, 2.75) is 51.6 Å². The van der Waals surface area contributed by atoms with Crippen LogP contribution in [0.5, 0.6) is 0 Å². The van der Waals surface area contributed by atoms with Gasteiger partial charge in [-0.15, -0.1) is 0 Å². The highest BCUT2D eigenvalue weighted by atomic mass is 16.2. The highest BCUT2D eigenvalue weighted by molar-refractivity contribution is 5.94. The molecule has 6 heteroatoms. The molecular weight excluding hydrogens is 326 g/mol. The van der Waals surface area contributed by atoms with Gasteiger partial charge in [-0.3, -0.25) is 9.89 Å². The molecular formula is C20H23N5O. The van der Waals surface area contributed by atoms with Gasteiger partial charge in [0, 0.05) is 24.3 Å². The summed E-state index contributed by atoms with van der Waals surface area (Å²) in [6.07, 6.45) is 5.04. The van der Waals surface area contributed by atoms with E-state index >= 15 is 0 Å². The average Bonchev–Trinajstić information content (AvgIpc) is 3.42. The number of rotatable bonds is 3. The van der Waals surface area contributed by atoms with E-state index in [1.165, 1.54) is 0 Å². The monoisotopic (exact) mass is 349 g/mol. The number of aromatic amines is 1. The van der Waals surface area contributed by atoms with Gasteiger partial charge in [0.15, 0.2) is 5.69 Å². The molecule has 6 nitrogen and oxygen atoms in total. The van der Waals surface area contributed by atoms with E-state index in [1.54, 1.807) is 0 Å². The molecule has 1 N–H and O–H groups in total. The summed E-state index contributed by atoms with van der Waals surface area (Å²) in [5, 5.41) is 7.42. The molecule has 3 aromatic rings. The van der Waals surface area contributed by atoms with E-state index in [1.807, 2.05) is 23.1 Å². The second-order valence-corrected chi connectivity index (χ2v) is 7.24. The molecule has 0 spiro atoms. The van der Waals surface area contributed by atoms with Crippen molar-refractivity contribution in [2.75, 3.05) is 6.54 Å². The predicted molar refractivity (Wildman–Crippen MR) is 99.0 cm³/mol. The molecule has 5 rings (SSSR count). The van der Waals surface area contributed by atoms with E-state index < -0.39 is 0 Å². The van der Waals surface area contributed by atoms with Crippen molar-refractivity contribution < 1.29 is 4.79 Å². The maximum absolute atomic E-state index is 13.3. The van der Waals surface area contributed by atoms with Crippen molar-refractivity contribution >= 4 is 16.9 Å². The van der Waals surface area contributed by atoms with Crippen molar-refractivity contribution in [2.24, 2.45) is 0 Å². The Hall–Kier alpha value is -2.63. The first-order valence-corrected chi connectivity index (χ1v) is 9.60.